The average Bonchev–Trinajstić information content (AvgIpc) is 2.34. The van der Waals surface area contributed by atoms with Crippen molar-refractivity contribution in [1.29, 1.82) is 0 Å². The number of carbonyl (C=O) groups excluding carboxylic acids is 1. The monoisotopic (exact) mass is 269 g/mol. The van der Waals surface area contributed by atoms with Crippen LogP contribution in [-0.4, -0.2) is 25.2 Å². The Kier molecular flexibility index (Phi) is 6.84. The average molecular weight is 269 g/mol. The summed E-state index contributed by atoms with van der Waals surface area (Å²) in [4.78, 5) is 11.2. The smallest absolute Gasteiger partial charge is 0.305 e. The van der Waals surface area contributed by atoms with Gasteiger partial charge in [-0.15, -0.1) is 0 Å². The number of hydrogen-bond donors (Lipinski definition) is 1. The van der Waals surface area contributed by atoms with Crippen LogP contribution in [0.25, 0.3) is 0 Å². The van der Waals surface area contributed by atoms with Crippen LogP contribution in [0.3, 0.4) is 0 Å². The molecule has 1 aliphatic rings. The highest BCUT2D eigenvalue weighted by Gasteiger charge is 2.29. The van der Waals surface area contributed by atoms with E-state index in [0.717, 1.165) is 18.9 Å². The molecule has 0 radical (unpaired) electrons. The molecule has 0 saturated heterocycles. The maximum absolute atomic E-state index is 11.2. The van der Waals surface area contributed by atoms with Gasteiger partial charge in [0, 0.05) is 12.5 Å². The van der Waals surface area contributed by atoms with Gasteiger partial charge in [-0.1, -0.05) is 20.8 Å². The molecule has 19 heavy (non-hydrogen) atoms. The predicted octanol–water partition coefficient (Wildman–Crippen LogP) is 3.52. The maximum Gasteiger partial charge on any atom is 0.305 e. The molecular formula is C16H31NO2. The van der Waals surface area contributed by atoms with Crippen LogP contribution in [-0.2, 0) is 9.53 Å². The highest BCUT2D eigenvalue weighted by molar-refractivity contribution is 5.69. The molecule has 0 aliphatic heterocycles. The van der Waals surface area contributed by atoms with E-state index in [2.05, 4.69) is 26.1 Å². The number of nitrogens with one attached hydrogen (secondary N) is 1. The zero-order valence-corrected chi connectivity index (χ0v) is 13.1. The van der Waals surface area contributed by atoms with Crippen LogP contribution < -0.4 is 5.32 Å². The third kappa shape index (κ3) is 6.42. The van der Waals surface area contributed by atoms with Gasteiger partial charge in [0.1, 0.15) is 0 Å². The second kappa shape index (κ2) is 7.88. The van der Waals surface area contributed by atoms with Crippen molar-refractivity contribution in [2.45, 2.75) is 72.3 Å². The zero-order chi connectivity index (χ0) is 14.3. The summed E-state index contributed by atoms with van der Waals surface area (Å²) in [6, 6.07) is 0.654. The second-order valence-corrected chi connectivity index (χ2v) is 6.78. The van der Waals surface area contributed by atoms with Gasteiger partial charge >= 0.3 is 5.97 Å². The number of carbonyl (C=O) groups is 1. The number of rotatable bonds is 6. The van der Waals surface area contributed by atoms with Gasteiger partial charge in [0.25, 0.3) is 0 Å². The lowest BCUT2D eigenvalue weighted by molar-refractivity contribution is -0.143. The molecule has 0 bridgehead atoms. The molecule has 0 unspecified atom stereocenters. The van der Waals surface area contributed by atoms with E-state index in [-0.39, 0.29) is 5.97 Å². The Balaban J connectivity index is 2.08. The topological polar surface area (TPSA) is 38.3 Å². The fourth-order valence-electron chi connectivity index (χ4n) is 2.94. The molecule has 1 saturated carbocycles. The van der Waals surface area contributed by atoms with Gasteiger partial charge in [-0.3, -0.25) is 4.79 Å². The molecule has 3 heteroatoms. The van der Waals surface area contributed by atoms with Crippen molar-refractivity contribution in [3.63, 3.8) is 0 Å². The first kappa shape index (κ1) is 16.5. The molecule has 3 nitrogen and oxygen atoms in total. The molecule has 1 N–H and O–H groups in total. The molecule has 1 fully saturated rings. The molecule has 0 atom stereocenters. The SMILES string of the molecule is CCOC(=O)CCCNC1CCC(C(C)(C)C)CC1. The summed E-state index contributed by atoms with van der Waals surface area (Å²) in [6.07, 6.45) is 6.65. The normalized spacial score (nSPS) is 24.2. The van der Waals surface area contributed by atoms with Gasteiger partial charge in [-0.2, -0.15) is 0 Å². The minimum Gasteiger partial charge on any atom is -0.466 e. The Labute approximate surface area is 118 Å². The van der Waals surface area contributed by atoms with Gasteiger partial charge in [0.05, 0.1) is 6.61 Å². The lowest BCUT2D eigenvalue weighted by atomic mass is 9.71. The first-order valence-electron chi connectivity index (χ1n) is 7.82. The van der Waals surface area contributed by atoms with E-state index in [4.69, 9.17) is 4.74 Å². The summed E-state index contributed by atoms with van der Waals surface area (Å²) in [5.41, 5.74) is 0.453. The molecule has 0 aromatic heterocycles. The largest absolute Gasteiger partial charge is 0.466 e. The minimum atomic E-state index is -0.0688. The molecule has 0 spiro atoms. The zero-order valence-electron chi connectivity index (χ0n) is 13.1. The van der Waals surface area contributed by atoms with E-state index < -0.39 is 0 Å². The van der Waals surface area contributed by atoms with Crippen LogP contribution in [0.2, 0.25) is 0 Å². The fraction of sp³-hybridized carbons (Fsp3) is 0.938. The number of ether oxygens (including phenoxy) is 1. The van der Waals surface area contributed by atoms with Crippen molar-refractivity contribution in [2.75, 3.05) is 13.2 Å². The molecular weight excluding hydrogens is 238 g/mol. The second-order valence-electron chi connectivity index (χ2n) is 6.78. The Morgan fingerprint density at radius 2 is 1.84 bits per heavy atom. The molecule has 1 rings (SSSR count). The maximum atomic E-state index is 11.2. The van der Waals surface area contributed by atoms with Crippen LogP contribution in [0.5, 0.6) is 0 Å². The van der Waals surface area contributed by atoms with Gasteiger partial charge in [0.15, 0.2) is 0 Å². The molecule has 0 amide bonds. The molecule has 112 valence electrons. The van der Waals surface area contributed by atoms with Crippen molar-refractivity contribution in [1.82, 2.24) is 5.32 Å². The highest BCUT2D eigenvalue weighted by Crippen LogP contribution is 2.37. The van der Waals surface area contributed by atoms with E-state index in [0.29, 0.717) is 24.5 Å². The third-order valence-corrected chi connectivity index (χ3v) is 4.25. The van der Waals surface area contributed by atoms with E-state index in [1.54, 1.807) is 0 Å². The molecule has 0 aromatic rings. The summed E-state index contributed by atoms with van der Waals surface area (Å²) >= 11 is 0. The summed E-state index contributed by atoms with van der Waals surface area (Å²) in [6.45, 7) is 10.3. The molecule has 0 heterocycles. The molecule has 0 aromatic carbocycles. The van der Waals surface area contributed by atoms with Gasteiger partial charge in [-0.25, -0.2) is 0 Å². The third-order valence-electron chi connectivity index (χ3n) is 4.25. The van der Waals surface area contributed by atoms with Crippen molar-refractivity contribution < 1.29 is 9.53 Å². The standard InChI is InChI=1S/C16H31NO2/c1-5-19-15(18)7-6-12-17-14-10-8-13(9-11-14)16(2,3)4/h13-14,17H,5-12H2,1-4H3. The summed E-state index contributed by atoms with van der Waals surface area (Å²) in [7, 11) is 0. The van der Waals surface area contributed by atoms with Crippen LogP contribution >= 0.6 is 0 Å². The number of esters is 1. The Hall–Kier alpha value is -0.570. The summed E-state index contributed by atoms with van der Waals surface area (Å²) in [5.74, 6) is 0.797. The van der Waals surface area contributed by atoms with Gasteiger partial charge in [0.2, 0.25) is 0 Å². The van der Waals surface area contributed by atoms with Crippen LogP contribution in [0.15, 0.2) is 0 Å². The van der Waals surface area contributed by atoms with Crippen molar-refractivity contribution in [3.8, 4) is 0 Å². The van der Waals surface area contributed by atoms with Crippen molar-refractivity contribution in [3.05, 3.63) is 0 Å². The minimum absolute atomic E-state index is 0.0688. The van der Waals surface area contributed by atoms with Gasteiger partial charge < -0.3 is 10.1 Å². The van der Waals surface area contributed by atoms with Crippen molar-refractivity contribution >= 4 is 5.97 Å². The summed E-state index contributed by atoms with van der Waals surface area (Å²) in [5, 5.41) is 3.58. The first-order chi connectivity index (χ1) is 8.93. The summed E-state index contributed by atoms with van der Waals surface area (Å²) < 4.78 is 4.92. The van der Waals surface area contributed by atoms with Crippen molar-refractivity contribution in [2.24, 2.45) is 11.3 Å². The Morgan fingerprint density at radius 3 is 2.37 bits per heavy atom. The van der Waals surface area contributed by atoms with E-state index in [9.17, 15) is 4.79 Å². The molecule has 1 aliphatic carbocycles. The quantitative estimate of drug-likeness (QED) is 0.592. The van der Waals surface area contributed by atoms with Crippen LogP contribution in [0.4, 0.5) is 0 Å². The van der Waals surface area contributed by atoms with E-state index in [1.165, 1.54) is 25.7 Å². The number of hydrogen-bond acceptors (Lipinski definition) is 3. The Bertz CT molecular complexity index is 262. The van der Waals surface area contributed by atoms with E-state index in [1.807, 2.05) is 6.92 Å². The Morgan fingerprint density at radius 1 is 1.21 bits per heavy atom. The fourth-order valence-corrected chi connectivity index (χ4v) is 2.94. The first-order valence-corrected chi connectivity index (χ1v) is 7.82. The van der Waals surface area contributed by atoms with E-state index >= 15 is 0 Å². The highest BCUT2D eigenvalue weighted by atomic mass is 16.5. The van der Waals surface area contributed by atoms with Gasteiger partial charge in [-0.05, 0) is 56.9 Å². The van der Waals surface area contributed by atoms with Crippen LogP contribution in [0, 0.1) is 11.3 Å². The van der Waals surface area contributed by atoms with Crippen LogP contribution in [0.1, 0.15) is 66.2 Å². The lowest BCUT2D eigenvalue weighted by Gasteiger charge is -2.37. The predicted molar refractivity (Wildman–Crippen MR) is 79.1 cm³/mol. The lowest BCUT2D eigenvalue weighted by Crippen LogP contribution is -2.36.